The quantitative estimate of drug-likeness (QED) is 0.523. The molecule has 3 aromatic rings. The van der Waals surface area contributed by atoms with Crippen molar-refractivity contribution in [2.75, 3.05) is 81.0 Å². The van der Waals surface area contributed by atoms with Crippen molar-refractivity contribution in [3.8, 4) is 17.0 Å². The molecule has 0 saturated carbocycles. The third-order valence-electron chi connectivity index (χ3n) is 6.02. The zero-order chi connectivity index (χ0) is 24.6. The van der Waals surface area contributed by atoms with Crippen LogP contribution in [0.5, 0.6) is 5.88 Å². The van der Waals surface area contributed by atoms with E-state index in [0.717, 1.165) is 80.8 Å². The van der Waals surface area contributed by atoms with Crippen LogP contribution in [0.15, 0.2) is 54.7 Å². The Balaban J connectivity index is 0.000000179. The number of hydrogen-bond acceptors (Lipinski definition) is 8. The summed E-state index contributed by atoms with van der Waals surface area (Å²) >= 11 is 5.85. The smallest absolute Gasteiger partial charge is 0.212 e. The Labute approximate surface area is 211 Å². The lowest BCUT2D eigenvalue weighted by atomic mass is 10.0. The molecular formula is C26H32ClN5O3. The molecule has 2 aliphatic rings. The monoisotopic (exact) mass is 497 g/mol. The second-order valence-electron chi connectivity index (χ2n) is 8.27. The normalized spacial score (nSPS) is 15.8. The first-order chi connectivity index (χ1) is 17.0. The first-order valence-corrected chi connectivity index (χ1v) is 12.0. The first kappa shape index (κ1) is 24.9. The van der Waals surface area contributed by atoms with Gasteiger partial charge in [0.2, 0.25) is 5.88 Å². The Bertz CT molecular complexity index is 1100. The van der Waals surface area contributed by atoms with Crippen LogP contribution in [0.1, 0.15) is 0 Å². The van der Waals surface area contributed by atoms with E-state index in [1.54, 1.807) is 13.3 Å². The van der Waals surface area contributed by atoms with E-state index < -0.39 is 0 Å². The summed E-state index contributed by atoms with van der Waals surface area (Å²) in [6.45, 7) is 6.74. The van der Waals surface area contributed by atoms with Crippen LogP contribution >= 0.6 is 11.6 Å². The maximum Gasteiger partial charge on any atom is 0.212 e. The van der Waals surface area contributed by atoms with E-state index in [2.05, 4.69) is 20.9 Å². The van der Waals surface area contributed by atoms with Gasteiger partial charge in [0.15, 0.2) is 0 Å². The Morgan fingerprint density at radius 2 is 1.37 bits per heavy atom. The third kappa shape index (κ3) is 6.48. The van der Waals surface area contributed by atoms with Crippen molar-refractivity contribution in [1.29, 1.82) is 0 Å². The van der Waals surface area contributed by atoms with Gasteiger partial charge >= 0.3 is 0 Å². The van der Waals surface area contributed by atoms with E-state index in [9.17, 15) is 0 Å². The summed E-state index contributed by atoms with van der Waals surface area (Å²) in [7, 11) is 1.60. The Kier molecular flexibility index (Phi) is 8.52. The number of nitrogens with two attached hydrogens (primary N) is 2. The number of ether oxygens (including phenoxy) is 3. The standard InChI is InChI=1S/C16H19N3O2.C10H13ClN2O/c1-20-16-5-2-12(11-18-16)14-4-3-13(10-15(14)17)19-6-8-21-9-7-19;11-9-2-1-8(7-10(9)12)13-3-5-14-6-4-13/h2-5,10-11H,6-9,17H2,1H3;1-2,7H,3-6,12H2. The highest BCUT2D eigenvalue weighted by Gasteiger charge is 2.13. The minimum Gasteiger partial charge on any atom is -0.481 e. The van der Waals surface area contributed by atoms with Gasteiger partial charge in [-0.3, -0.25) is 0 Å². The lowest BCUT2D eigenvalue weighted by Crippen LogP contribution is -2.36. The van der Waals surface area contributed by atoms with Crippen LogP contribution in [0.2, 0.25) is 5.02 Å². The topological polar surface area (TPSA) is 99.1 Å². The molecule has 8 nitrogen and oxygen atoms in total. The van der Waals surface area contributed by atoms with Crippen molar-refractivity contribution < 1.29 is 14.2 Å². The Hall–Kier alpha value is -3.20. The maximum atomic E-state index is 6.21. The second kappa shape index (κ2) is 12.0. The summed E-state index contributed by atoms with van der Waals surface area (Å²) in [6.07, 6.45) is 1.78. The SMILES string of the molecule is COc1ccc(-c2ccc(N3CCOCC3)cc2N)cn1.Nc1cc(N2CCOCC2)ccc1Cl. The van der Waals surface area contributed by atoms with Crippen molar-refractivity contribution in [3.63, 3.8) is 0 Å². The summed E-state index contributed by atoms with van der Waals surface area (Å²) in [5.41, 5.74) is 17.6. The average molecular weight is 498 g/mol. The summed E-state index contributed by atoms with van der Waals surface area (Å²) in [5, 5.41) is 0.613. The highest BCUT2D eigenvalue weighted by atomic mass is 35.5. The number of morpholine rings is 2. The number of pyridine rings is 1. The van der Waals surface area contributed by atoms with Gasteiger partial charge in [-0.15, -0.1) is 0 Å². The second-order valence-corrected chi connectivity index (χ2v) is 8.67. The minimum atomic E-state index is 0.599. The van der Waals surface area contributed by atoms with Crippen LogP contribution in [0.3, 0.4) is 0 Å². The molecule has 1 aromatic heterocycles. The number of methoxy groups -OCH3 is 1. The molecule has 2 saturated heterocycles. The highest BCUT2D eigenvalue weighted by Crippen LogP contribution is 2.30. The van der Waals surface area contributed by atoms with Crippen molar-refractivity contribution in [2.24, 2.45) is 0 Å². The molecule has 4 N–H and O–H groups in total. The Morgan fingerprint density at radius 1 is 0.800 bits per heavy atom. The number of hydrogen-bond donors (Lipinski definition) is 2. The molecular weight excluding hydrogens is 466 g/mol. The Morgan fingerprint density at radius 3 is 1.86 bits per heavy atom. The van der Waals surface area contributed by atoms with Crippen LogP contribution < -0.4 is 26.0 Å². The van der Waals surface area contributed by atoms with Gasteiger partial charge in [0.1, 0.15) is 0 Å². The van der Waals surface area contributed by atoms with E-state index in [-0.39, 0.29) is 0 Å². The van der Waals surface area contributed by atoms with Crippen molar-refractivity contribution in [2.45, 2.75) is 0 Å². The summed E-state index contributed by atoms with van der Waals surface area (Å²) < 4.78 is 15.7. The van der Waals surface area contributed by atoms with E-state index in [0.29, 0.717) is 16.6 Å². The van der Waals surface area contributed by atoms with E-state index in [4.69, 9.17) is 37.3 Å². The predicted octanol–water partition coefficient (Wildman–Crippen LogP) is 3.93. The first-order valence-electron chi connectivity index (χ1n) is 11.7. The van der Waals surface area contributed by atoms with Gasteiger partial charge in [-0.25, -0.2) is 4.98 Å². The highest BCUT2D eigenvalue weighted by molar-refractivity contribution is 6.33. The predicted molar refractivity (Wildman–Crippen MR) is 143 cm³/mol. The summed E-state index contributed by atoms with van der Waals surface area (Å²) in [4.78, 5) is 8.76. The number of benzene rings is 2. The third-order valence-corrected chi connectivity index (χ3v) is 6.37. The molecule has 2 aliphatic heterocycles. The molecule has 0 amide bonds. The fourth-order valence-corrected chi connectivity index (χ4v) is 4.16. The lowest BCUT2D eigenvalue weighted by molar-refractivity contribution is 0.122. The molecule has 2 aromatic carbocycles. The molecule has 0 unspecified atom stereocenters. The number of aromatic nitrogens is 1. The van der Waals surface area contributed by atoms with Crippen LogP contribution in [0.4, 0.5) is 22.7 Å². The van der Waals surface area contributed by atoms with Gasteiger partial charge in [-0.2, -0.15) is 0 Å². The van der Waals surface area contributed by atoms with Gasteiger partial charge in [0.05, 0.1) is 44.2 Å². The molecule has 0 spiro atoms. The van der Waals surface area contributed by atoms with Crippen LogP contribution in [-0.4, -0.2) is 64.7 Å². The molecule has 0 bridgehead atoms. The number of nitrogens with zero attached hydrogens (tertiary/aromatic N) is 3. The number of rotatable bonds is 4. The van der Waals surface area contributed by atoms with E-state index in [1.807, 2.05) is 42.5 Å². The molecule has 0 atom stereocenters. The maximum absolute atomic E-state index is 6.21. The molecule has 9 heteroatoms. The van der Waals surface area contributed by atoms with Crippen LogP contribution in [-0.2, 0) is 9.47 Å². The van der Waals surface area contributed by atoms with Gasteiger partial charge in [-0.05, 0) is 36.4 Å². The average Bonchev–Trinajstić information content (AvgIpc) is 2.92. The number of nitrogen functional groups attached to an aromatic ring is 2. The van der Waals surface area contributed by atoms with Gasteiger partial charge < -0.3 is 35.5 Å². The van der Waals surface area contributed by atoms with Gasteiger partial charge in [-0.1, -0.05) is 17.7 Å². The molecule has 0 aliphatic carbocycles. The van der Waals surface area contributed by atoms with Crippen LogP contribution in [0, 0.1) is 0 Å². The number of halogens is 1. The zero-order valence-corrected chi connectivity index (χ0v) is 20.7. The largest absolute Gasteiger partial charge is 0.481 e. The van der Waals surface area contributed by atoms with Crippen molar-refractivity contribution in [3.05, 3.63) is 59.8 Å². The zero-order valence-electron chi connectivity index (χ0n) is 20.0. The molecule has 35 heavy (non-hydrogen) atoms. The molecule has 2 fully saturated rings. The van der Waals surface area contributed by atoms with Crippen molar-refractivity contribution >= 4 is 34.4 Å². The fourth-order valence-electron chi connectivity index (χ4n) is 4.04. The van der Waals surface area contributed by atoms with E-state index in [1.165, 1.54) is 0 Å². The fraction of sp³-hybridized carbons (Fsp3) is 0.346. The van der Waals surface area contributed by atoms with Crippen LogP contribution in [0.25, 0.3) is 11.1 Å². The molecule has 3 heterocycles. The van der Waals surface area contributed by atoms with Gasteiger partial charge in [0.25, 0.3) is 0 Å². The van der Waals surface area contributed by atoms with Gasteiger partial charge in [0, 0.05) is 66.6 Å². The molecule has 0 radical (unpaired) electrons. The minimum absolute atomic E-state index is 0.599. The van der Waals surface area contributed by atoms with Crippen molar-refractivity contribution in [1.82, 2.24) is 4.98 Å². The number of anilines is 4. The lowest BCUT2D eigenvalue weighted by Gasteiger charge is -2.29. The summed E-state index contributed by atoms with van der Waals surface area (Å²) in [5.74, 6) is 0.599. The molecule has 5 rings (SSSR count). The van der Waals surface area contributed by atoms with E-state index >= 15 is 0 Å². The molecule has 186 valence electrons. The summed E-state index contributed by atoms with van der Waals surface area (Å²) in [6, 6.07) is 15.7.